The van der Waals surface area contributed by atoms with Gasteiger partial charge in [0.1, 0.15) is 18.0 Å². The summed E-state index contributed by atoms with van der Waals surface area (Å²) in [7, 11) is 0. The molecule has 0 spiro atoms. The molecule has 5 rings (SSSR count). The van der Waals surface area contributed by atoms with Crippen molar-refractivity contribution in [2.24, 2.45) is 0 Å². The minimum Gasteiger partial charge on any atom is -1.00 e. The Kier molecular flexibility index (Phi) is 5.47. The third-order valence-electron chi connectivity index (χ3n) is 6.44. The van der Waals surface area contributed by atoms with Crippen LogP contribution in [0.25, 0.3) is 32.6 Å². The molecule has 7 nitrogen and oxygen atoms in total. The van der Waals surface area contributed by atoms with Crippen LogP contribution in [-0.4, -0.2) is 49.8 Å². The van der Waals surface area contributed by atoms with Crippen LogP contribution in [0.5, 0.6) is 5.75 Å². The lowest BCUT2D eigenvalue weighted by molar-refractivity contribution is -0.776. The highest BCUT2D eigenvalue weighted by molar-refractivity contribution is 6.16. The predicted octanol–water partition coefficient (Wildman–Crippen LogP) is -0.912. The number of fused-ring (bicyclic) bond motifs is 4. The van der Waals surface area contributed by atoms with Crippen LogP contribution in [0, 0.1) is 13.8 Å². The lowest BCUT2D eigenvalue weighted by Gasteiger charge is -2.36. The summed E-state index contributed by atoms with van der Waals surface area (Å²) in [6, 6.07) is 7.27. The van der Waals surface area contributed by atoms with Gasteiger partial charge in [0.15, 0.2) is 18.5 Å². The molecule has 1 fully saturated rings. The third kappa shape index (κ3) is 3.21. The van der Waals surface area contributed by atoms with E-state index in [1.807, 2.05) is 31.5 Å². The number of pyridine rings is 1. The van der Waals surface area contributed by atoms with Gasteiger partial charge < -0.3 is 47.1 Å². The molecular formula is C23H25BrN2O5. The minimum atomic E-state index is -1.29. The Morgan fingerprint density at radius 1 is 0.935 bits per heavy atom. The highest BCUT2D eigenvalue weighted by atomic mass is 79.9. The summed E-state index contributed by atoms with van der Waals surface area (Å²) in [4.78, 5) is 3.46. The maximum absolute atomic E-state index is 10.5. The van der Waals surface area contributed by atoms with Gasteiger partial charge in [-0.25, -0.2) is 0 Å². The van der Waals surface area contributed by atoms with E-state index in [-0.39, 0.29) is 22.7 Å². The fourth-order valence-electron chi connectivity index (χ4n) is 4.69. The summed E-state index contributed by atoms with van der Waals surface area (Å²) < 4.78 is 7.55. The summed E-state index contributed by atoms with van der Waals surface area (Å²) in [6.07, 6.45) is -1.38. The number of phenolic OH excluding ortho intramolecular Hbond substituents is 1. The normalized spacial score (nSPS) is 26.5. The van der Waals surface area contributed by atoms with Crippen LogP contribution in [0.1, 0.15) is 24.3 Å². The first kappa shape index (κ1) is 22.0. The number of nitrogens with zero attached hydrogens (tertiary/aromatic N) is 1. The van der Waals surface area contributed by atoms with E-state index in [1.54, 1.807) is 23.6 Å². The molecule has 0 unspecified atom stereocenters. The standard InChI is InChI=1S/C23H24N2O5.BrH/c1-10-16-9-25(23-22(29)21(28)20(27)12(3)30-23)7-6-14(16)11(2)19-18(10)15-8-13(26)4-5-17(15)24-19;/h4-9,12,20-23,26-29H,1-3H3;1H/t12-,20+,21+,22-,23-;/m1./s1. The molecule has 0 saturated carbocycles. The summed E-state index contributed by atoms with van der Waals surface area (Å²) in [5, 5.41) is 44.7. The molecule has 31 heavy (non-hydrogen) atoms. The SMILES string of the molecule is Cc1c2cc[n+]([C@@H]3O[C@H](C)[C@H](O)[C@H](O)[C@H]3O)cc2c(C)c2c1[nH]c1ccc(O)cc12.[Br-]. The maximum atomic E-state index is 10.5. The molecule has 0 amide bonds. The van der Waals surface area contributed by atoms with Gasteiger partial charge in [0.25, 0.3) is 6.23 Å². The minimum absolute atomic E-state index is 0. The van der Waals surface area contributed by atoms with Crippen LogP contribution in [0.2, 0.25) is 0 Å². The monoisotopic (exact) mass is 488 g/mol. The second-order valence-electron chi connectivity index (χ2n) is 8.28. The molecule has 0 bridgehead atoms. The van der Waals surface area contributed by atoms with E-state index in [2.05, 4.69) is 11.9 Å². The van der Waals surface area contributed by atoms with Gasteiger partial charge in [0, 0.05) is 27.7 Å². The third-order valence-corrected chi connectivity index (χ3v) is 6.44. The molecule has 0 aliphatic carbocycles. The van der Waals surface area contributed by atoms with Crippen molar-refractivity contribution < 1.29 is 46.7 Å². The number of nitrogens with one attached hydrogen (secondary N) is 1. The average Bonchev–Trinajstić information content (AvgIpc) is 3.12. The smallest absolute Gasteiger partial charge is 0.291 e. The molecule has 1 aliphatic heterocycles. The van der Waals surface area contributed by atoms with E-state index in [0.29, 0.717) is 0 Å². The van der Waals surface area contributed by atoms with E-state index < -0.39 is 30.6 Å². The first-order valence-corrected chi connectivity index (χ1v) is 10.1. The van der Waals surface area contributed by atoms with E-state index in [0.717, 1.165) is 43.7 Å². The number of halogens is 1. The largest absolute Gasteiger partial charge is 1.00 e. The molecule has 8 heteroatoms. The zero-order chi connectivity index (χ0) is 21.3. The van der Waals surface area contributed by atoms with Crippen LogP contribution in [0.4, 0.5) is 0 Å². The topological polar surface area (TPSA) is 110 Å². The van der Waals surface area contributed by atoms with Crippen molar-refractivity contribution in [3.8, 4) is 5.75 Å². The Labute approximate surface area is 189 Å². The highest BCUT2D eigenvalue weighted by Crippen LogP contribution is 2.37. The van der Waals surface area contributed by atoms with Gasteiger partial charge in [0.2, 0.25) is 0 Å². The predicted molar refractivity (Wildman–Crippen MR) is 112 cm³/mol. The first-order valence-electron chi connectivity index (χ1n) is 10.1. The van der Waals surface area contributed by atoms with Gasteiger partial charge in [-0.1, -0.05) is 0 Å². The summed E-state index contributed by atoms with van der Waals surface area (Å²) >= 11 is 0. The first-order chi connectivity index (χ1) is 14.3. The van der Waals surface area contributed by atoms with E-state index in [9.17, 15) is 20.4 Å². The molecule has 2 aromatic carbocycles. The molecular weight excluding hydrogens is 464 g/mol. The number of H-pyrrole nitrogens is 1. The second-order valence-corrected chi connectivity index (χ2v) is 8.28. The Balaban J connectivity index is 0.00000231. The Bertz CT molecular complexity index is 1300. The van der Waals surface area contributed by atoms with Crippen molar-refractivity contribution in [3.63, 3.8) is 0 Å². The molecule has 0 radical (unpaired) electrons. The molecule has 1 aliphatic rings. The zero-order valence-corrected chi connectivity index (χ0v) is 19.0. The fraction of sp³-hybridized carbons (Fsp3) is 0.348. The van der Waals surface area contributed by atoms with Crippen LogP contribution in [0.3, 0.4) is 0 Å². The molecule has 5 atom stereocenters. The Morgan fingerprint density at radius 2 is 1.68 bits per heavy atom. The van der Waals surface area contributed by atoms with Gasteiger partial charge in [-0.05, 0) is 55.5 Å². The summed E-state index contributed by atoms with van der Waals surface area (Å²) in [5.41, 5.74) is 4.10. The van der Waals surface area contributed by atoms with Crippen molar-refractivity contribution >= 4 is 32.6 Å². The van der Waals surface area contributed by atoms with Crippen LogP contribution in [-0.2, 0) is 4.74 Å². The van der Waals surface area contributed by atoms with Gasteiger partial charge in [0.05, 0.1) is 11.6 Å². The summed E-state index contributed by atoms with van der Waals surface area (Å²) in [5.74, 6) is 0.212. The van der Waals surface area contributed by atoms with Gasteiger partial charge in [-0.15, -0.1) is 0 Å². The van der Waals surface area contributed by atoms with Crippen molar-refractivity contribution in [2.75, 3.05) is 0 Å². The number of hydrogen-bond acceptors (Lipinski definition) is 5. The van der Waals surface area contributed by atoms with Crippen LogP contribution in [0.15, 0.2) is 36.7 Å². The number of aromatic hydroxyl groups is 1. The summed E-state index contributed by atoms with van der Waals surface area (Å²) in [6.45, 7) is 5.76. The number of aryl methyl sites for hydroxylation is 2. The molecule has 4 aromatic rings. The molecule has 5 N–H and O–H groups in total. The van der Waals surface area contributed by atoms with E-state index in [1.165, 1.54) is 0 Å². The molecule has 3 heterocycles. The highest BCUT2D eigenvalue weighted by Gasteiger charge is 2.46. The number of ether oxygens (including phenoxy) is 1. The lowest BCUT2D eigenvalue weighted by atomic mass is 9.96. The lowest BCUT2D eigenvalue weighted by Crippen LogP contribution is -3.00. The number of phenols is 1. The van der Waals surface area contributed by atoms with E-state index in [4.69, 9.17) is 4.74 Å². The second kappa shape index (κ2) is 7.72. The number of rotatable bonds is 1. The van der Waals surface area contributed by atoms with Crippen LogP contribution < -0.4 is 21.5 Å². The van der Waals surface area contributed by atoms with Gasteiger partial charge >= 0.3 is 0 Å². The zero-order valence-electron chi connectivity index (χ0n) is 17.4. The Hall–Kier alpha value is -2.23. The van der Waals surface area contributed by atoms with E-state index >= 15 is 0 Å². The van der Waals surface area contributed by atoms with Crippen molar-refractivity contribution in [1.82, 2.24) is 4.98 Å². The maximum Gasteiger partial charge on any atom is 0.291 e. The molecule has 164 valence electrons. The van der Waals surface area contributed by atoms with Gasteiger partial charge in [-0.2, -0.15) is 4.57 Å². The van der Waals surface area contributed by atoms with Crippen molar-refractivity contribution in [2.45, 2.75) is 51.4 Å². The number of aliphatic hydroxyl groups is 3. The molecule has 2 aromatic heterocycles. The Morgan fingerprint density at radius 3 is 2.42 bits per heavy atom. The molecule has 1 saturated heterocycles. The van der Waals surface area contributed by atoms with Gasteiger partial charge in [-0.3, -0.25) is 0 Å². The fourth-order valence-corrected chi connectivity index (χ4v) is 4.69. The number of aliphatic hydroxyl groups excluding tert-OH is 3. The number of aromatic amines is 1. The van der Waals surface area contributed by atoms with Crippen molar-refractivity contribution in [1.29, 1.82) is 0 Å². The number of aromatic nitrogens is 2. The van der Waals surface area contributed by atoms with Crippen LogP contribution >= 0.6 is 0 Å². The van der Waals surface area contributed by atoms with Crippen molar-refractivity contribution in [3.05, 3.63) is 47.8 Å². The average molecular weight is 489 g/mol. The quantitative estimate of drug-likeness (QED) is 0.223. The number of benzene rings is 2. The number of hydrogen-bond donors (Lipinski definition) is 5.